The van der Waals surface area contributed by atoms with E-state index in [0.717, 1.165) is 18.4 Å². The first-order valence-electron chi connectivity index (χ1n) is 6.58. The van der Waals surface area contributed by atoms with E-state index < -0.39 is 6.04 Å². The maximum atomic E-state index is 11.7. The van der Waals surface area contributed by atoms with E-state index in [1.807, 2.05) is 30.3 Å². The molecule has 0 aliphatic carbocycles. The minimum atomic E-state index is -0.670. The Morgan fingerprint density at radius 3 is 2.50 bits per heavy atom. The summed E-state index contributed by atoms with van der Waals surface area (Å²) in [5.41, 5.74) is 6.62. The third kappa shape index (κ3) is 5.32. The molecule has 0 bridgehead atoms. The van der Waals surface area contributed by atoms with Crippen molar-refractivity contribution in [1.82, 2.24) is 0 Å². The maximum absolute atomic E-state index is 11.7. The van der Waals surface area contributed by atoms with Crippen LogP contribution in [0.1, 0.15) is 44.7 Å². The van der Waals surface area contributed by atoms with Gasteiger partial charge >= 0.3 is 5.97 Å². The molecule has 1 rings (SSSR count). The lowest BCUT2D eigenvalue weighted by molar-refractivity contribution is -0.145. The lowest BCUT2D eigenvalue weighted by Crippen LogP contribution is -2.24. The number of benzene rings is 1. The normalized spacial score (nSPS) is 12.4. The minimum absolute atomic E-state index is 0.342. The van der Waals surface area contributed by atoms with Gasteiger partial charge in [0.1, 0.15) is 6.04 Å². The molecule has 0 aliphatic heterocycles. The average Bonchev–Trinajstić information content (AvgIpc) is 2.38. The molecule has 0 fully saturated rings. The summed E-state index contributed by atoms with van der Waals surface area (Å²) < 4.78 is 5.18. The van der Waals surface area contributed by atoms with Crippen molar-refractivity contribution in [2.75, 3.05) is 6.61 Å². The number of ether oxygens (including phenoxy) is 1. The third-order valence-corrected chi connectivity index (χ3v) is 2.83. The zero-order chi connectivity index (χ0) is 13.4. The number of hydrogen-bond donors (Lipinski definition) is 1. The van der Waals surface area contributed by atoms with Crippen molar-refractivity contribution in [2.45, 2.75) is 39.2 Å². The van der Waals surface area contributed by atoms with Gasteiger partial charge in [-0.3, -0.25) is 0 Å². The first-order valence-corrected chi connectivity index (χ1v) is 6.58. The second-order valence-corrected chi connectivity index (χ2v) is 4.95. The van der Waals surface area contributed by atoms with Crippen molar-refractivity contribution in [1.29, 1.82) is 0 Å². The summed E-state index contributed by atoms with van der Waals surface area (Å²) in [6.45, 7) is 4.85. The van der Waals surface area contributed by atoms with Gasteiger partial charge in [0.15, 0.2) is 0 Å². The average molecular weight is 249 g/mol. The predicted molar refractivity (Wildman–Crippen MR) is 73.0 cm³/mol. The SMILES string of the molecule is CC(C)CCCCOC(=O)C(N)c1ccccc1. The molecule has 0 aromatic heterocycles. The Bertz CT molecular complexity index is 349. The highest BCUT2D eigenvalue weighted by Crippen LogP contribution is 2.12. The smallest absolute Gasteiger partial charge is 0.327 e. The predicted octanol–water partition coefficient (Wildman–Crippen LogP) is 3.06. The van der Waals surface area contributed by atoms with Gasteiger partial charge in [0.25, 0.3) is 0 Å². The fraction of sp³-hybridized carbons (Fsp3) is 0.533. The Hall–Kier alpha value is -1.35. The van der Waals surface area contributed by atoms with Crippen LogP contribution >= 0.6 is 0 Å². The highest BCUT2D eigenvalue weighted by molar-refractivity contribution is 5.77. The monoisotopic (exact) mass is 249 g/mol. The standard InChI is InChI=1S/C15H23NO2/c1-12(2)8-6-7-11-18-15(17)14(16)13-9-4-3-5-10-13/h3-5,9-10,12,14H,6-8,11,16H2,1-2H3. The van der Waals surface area contributed by atoms with Gasteiger partial charge in [0, 0.05) is 0 Å². The highest BCUT2D eigenvalue weighted by atomic mass is 16.5. The van der Waals surface area contributed by atoms with Crippen LogP contribution in [0.25, 0.3) is 0 Å². The Kier molecular flexibility index (Phi) is 6.44. The van der Waals surface area contributed by atoms with Crippen molar-refractivity contribution in [2.24, 2.45) is 11.7 Å². The number of esters is 1. The number of unbranched alkanes of at least 4 members (excludes halogenated alkanes) is 1. The van der Waals surface area contributed by atoms with E-state index in [2.05, 4.69) is 13.8 Å². The second kappa shape index (κ2) is 7.88. The minimum Gasteiger partial charge on any atom is -0.464 e. The summed E-state index contributed by atoms with van der Waals surface area (Å²) in [5.74, 6) is 0.359. The van der Waals surface area contributed by atoms with E-state index in [-0.39, 0.29) is 5.97 Å². The molecule has 0 spiro atoms. The maximum Gasteiger partial charge on any atom is 0.327 e. The molecule has 100 valence electrons. The van der Waals surface area contributed by atoms with E-state index in [1.54, 1.807) is 0 Å². The summed E-state index contributed by atoms with van der Waals surface area (Å²) in [4.78, 5) is 11.7. The van der Waals surface area contributed by atoms with Gasteiger partial charge in [0.2, 0.25) is 0 Å². The van der Waals surface area contributed by atoms with Gasteiger partial charge in [-0.2, -0.15) is 0 Å². The van der Waals surface area contributed by atoms with E-state index >= 15 is 0 Å². The van der Waals surface area contributed by atoms with Crippen LogP contribution in [0, 0.1) is 5.92 Å². The quantitative estimate of drug-likeness (QED) is 0.597. The first-order chi connectivity index (χ1) is 8.61. The van der Waals surface area contributed by atoms with Gasteiger partial charge < -0.3 is 10.5 Å². The molecule has 1 unspecified atom stereocenters. The summed E-state index contributed by atoms with van der Waals surface area (Å²) in [6, 6.07) is 8.63. The van der Waals surface area contributed by atoms with E-state index in [9.17, 15) is 4.79 Å². The number of rotatable bonds is 7. The Morgan fingerprint density at radius 1 is 1.22 bits per heavy atom. The van der Waals surface area contributed by atoms with E-state index in [0.29, 0.717) is 12.5 Å². The third-order valence-electron chi connectivity index (χ3n) is 2.83. The molecule has 1 aromatic rings. The molecule has 0 saturated heterocycles. The van der Waals surface area contributed by atoms with Gasteiger partial charge in [-0.25, -0.2) is 4.79 Å². The van der Waals surface area contributed by atoms with Crippen LogP contribution < -0.4 is 5.73 Å². The Balaban J connectivity index is 2.25. The van der Waals surface area contributed by atoms with Gasteiger partial charge in [-0.15, -0.1) is 0 Å². The van der Waals surface area contributed by atoms with Crippen molar-refractivity contribution in [3.63, 3.8) is 0 Å². The zero-order valence-electron chi connectivity index (χ0n) is 11.3. The molecule has 0 saturated carbocycles. The molecule has 0 aliphatic rings. The first kappa shape index (κ1) is 14.7. The fourth-order valence-electron chi connectivity index (χ4n) is 1.71. The van der Waals surface area contributed by atoms with E-state index in [4.69, 9.17) is 10.5 Å². The number of hydrogen-bond acceptors (Lipinski definition) is 3. The molecule has 1 aromatic carbocycles. The number of carbonyl (C=O) groups excluding carboxylic acids is 1. The van der Waals surface area contributed by atoms with Crippen molar-refractivity contribution in [3.8, 4) is 0 Å². The van der Waals surface area contributed by atoms with Crippen LogP contribution in [0.3, 0.4) is 0 Å². The van der Waals surface area contributed by atoms with Crippen LogP contribution in [0.2, 0.25) is 0 Å². The molecule has 0 heterocycles. The Labute approximate surface area is 109 Å². The largest absolute Gasteiger partial charge is 0.464 e. The van der Waals surface area contributed by atoms with Gasteiger partial charge in [-0.05, 0) is 24.3 Å². The topological polar surface area (TPSA) is 52.3 Å². The van der Waals surface area contributed by atoms with Crippen molar-refractivity contribution < 1.29 is 9.53 Å². The van der Waals surface area contributed by atoms with Gasteiger partial charge in [0.05, 0.1) is 6.61 Å². The second-order valence-electron chi connectivity index (χ2n) is 4.95. The van der Waals surface area contributed by atoms with Crippen molar-refractivity contribution in [3.05, 3.63) is 35.9 Å². The van der Waals surface area contributed by atoms with Crippen LogP contribution in [0.5, 0.6) is 0 Å². The molecule has 0 amide bonds. The summed E-state index contributed by atoms with van der Waals surface area (Å²) >= 11 is 0. The molecular weight excluding hydrogens is 226 g/mol. The lowest BCUT2D eigenvalue weighted by Gasteiger charge is -2.12. The van der Waals surface area contributed by atoms with Crippen molar-refractivity contribution >= 4 is 5.97 Å². The van der Waals surface area contributed by atoms with E-state index in [1.165, 1.54) is 6.42 Å². The zero-order valence-corrected chi connectivity index (χ0v) is 11.3. The van der Waals surface area contributed by atoms with Crippen LogP contribution in [-0.2, 0) is 9.53 Å². The molecule has 2 N–H and O–H groups in total. The fourth-order valence-corrected chi connectivity index (χ4v) is 1.71. The summed E-state index contributed by atoms with van der Waals surface area (Å²) in [5, 5.41) is 0. The summed E-state index contributed by atoms with van der Waals surface area (Å²) in [7, 11) is 0. The van der Waals surface area contributed by atoms with Crippen LogP contribution in [0.15, 0.2) is 30.3 Å². The molecule has 18 heavy (non-hydrogen) atoms. The highest BCUT2D eigenvalue weighted by Gasteiger charge is 2.16. The van der Waals surface area contributed by atoms with Crippen LogP contribution in [0.4, 0.5) is 0 Å². The van der Waals surface area contributed by atoms with Crippen LogP contribution in [-0.4, -0.2) is 12.6 Å². The molecule has 0 radical (unpaired) electrons. The Morgan fingerprint density at radius 2 is 1.89 bits per heavy atom. The molecule has 3 nitrogen and oxygen atoms in total. The molecule has 3 heteroatoms. The number of carbonyl (C=O) groups is 1. The summed E-state index contributed by atoms with van der Waals surface area (Å²) in [6.07, 6.45) is 3.17. The van der Waals surface area contributed by atoms with Gasteiger partial charge in [-0.1, -0.05) is 50.6 Å². The molecular formula is C15H23NO2. The molecule has 1 atom stereocenters. The lowest BCUT2D eigenvalue weighted by atomic mass is 10.1. The number of nitrogens with two attached hydrogens (primary N) is 1.